The summed E-state index contributed by atoms with van der Waals surface area (Å²) < 4.78 is 127. The van der Waals surface area contributed by atoms with Crippen molar-refractivity contribution in [3.63, 3.8) is 0 Å². The van der Waals surface area contributed by atoms with Crippen LogP contribution in [-0.2, 0) is 6.18 Å². The van der Waals surface area contributed by atoms with Gasteiger partial charge in [-0.05, 0) is 60.0 Å². The Bertz CT molecular complexity index is 1610. The number of benzene rings is 4. The van der Waals surface area contributed by atoms with Crippen molar-refractivity contribution < 1.29 is 49.0 Å². The van der Waals surface area contributed by atoms with Gasteiger partial charge in [0.15, 0.2) is 17.4 Å². The van der Waals surface area contributed by atoms with Gasteiger partial charge in [-0.15, -0.1) is 0 Å². The molecule has 0 heterocycles. The molecule has 0 radical (unpaired) electrons. The fraction of sp³-hybridized carbons (Fsp3) is 0.0690. The van der Waals surface area contributed by atoms with Crippen LogP contribution in [0.15, 0.2) is 78.6 Å². The van der Waals surface area contributed by atoms with E-state index in [0.717, 1.165) is 31.2 Å². The zero-order valence-corrected chi connectivity index (χ0v) is 20.1. The van der Waals surface area contributed by atoms with Gasteiger partial charge in [-0.25, -0.2) is 31.1 Å². The van der Waals surface area contributed by atoms with Gasteiger partial charge in [0, 0.05) is 11.1 Å². The van der Waals surface area contributed by atoms with Gasteiger partial charge in [-0.3, -0.25) is 0 Å². The first-order valence-electron chi connectivity index (χ1n) is 11.3. The van der Waals surface area contributed by atoms with Crippen LogP contribution >= 0.6 is 0 Å². The summed E-state index contributed by atoms with van der Waals surface area (Å²) in [7, 11) is 0. The van der Waals surface area contributed by atoms with Gasteiger partial charge in [-0.2, -0.15) is 13.2 Å². The molecule has 2 nitrogen and oxygen atoms in total. The Balaban J connectivity index is 1.53. The van der Waals surface area contributed by atoms with Crippen LogP contribution in [-0.4, -0.2) is 5.97 Å². The number of hydrogen-bond acceptors (Lipinski definition) is 2. The monoisotopic (exact) mass is 566 g/mol. The second-order valence-corrected chi connectivity index (χ2v) is 8.47. The third kappa shape index (κ3) is 5.88. The molecule has 0 saturated heterocycles. The lowest BCUT2D eigenvalue weighted by Gasteiger charge is -2.12. The van der Waals surface area contributed by atoms with Gasteiger partial charge in [0.25, 0.3) is 0 Å². The number of hydrogen-bond donors (Lipinski definition) is 0. The van der Waals surface area contributed by atoms with Gasteiger partial charge in [0.05, 0.1) is 5.56 Å². The summed E-state index contributed by atoms with van der Waals surface area (Å²) in [5.74, 6) is -9.84. The molecule has 0 unspecified atom stereocenters. The van der Waals surface area contributed by atoms with E-state index in [0.29, 0.717) is 29.3 Å². The maximum absolute atomic E-state index is 14.7. The first-order valence-corrected chi connectivity index (χ1v) is 11.3. The lowest BCUT2D eigenvalue weighted by Crippen LogP contribution is -2.12. The lowest BCUT2D eigenvalue weighted by molar-refractivity contribution is -0.142. The lowest BCUT2D eigenvalue weighted by atomic mass is 10.0. The Morgan fingerprint density at radius 2 is 1.20 bits per heavy atom. The molecular weight excluding hydrogens is 551 g/mol. The molecule has 0 aliphatic rings. The van der Waals surface area contributed by atoms with Gasteiger partial charge >= 0.3 is 12.1 Å². The number of esters is 1. The van der Waals surface area contributed by atoms with E-state index < -0.39 is 75.1 Å². The summed E-state index contributed by atoms with van der Waals surface area (Å²) >= 11 is 0. The molecule has 0 aliphatic heterocycles. The molecule has 4 rings (SSSR count). The average molecular weight is 566 g/mol. The van der Waals surface area contributed by atoms with Crippen LogP contribution in [0.3, 0.4) is 0 Å². The van der Waals surface area contributed by atoms with Gasteiger partial charge < -0.3 is 4.74 Å². The summed E-state index contributed by atoms with van der Waals surface area (Å²) in [6.45, 7) is 0.961. The van der Waals surface area contributed by atoms with E-state index in [1.54, 1.807) is 0 Å². The van der Waals surface area contributed by atoms with E-state index in [9.17, 15) is 44.3 Å². The Morgan fingerprint density at radius 1 is 0.650 bits per heavy atom. The van der Waals surface area contributed by atoms with E-state index >= 15 is 0 Å². The molecule has 0 aliphatic carbocycles. The third-order valence-corrected chi connectivity index (χ3v) is 5.75. The first-order chi connectivity index (χ1) is 18.8. The maximum atomic E-state index is 14.7. The highest BCUT2D eigenvalue weighted by Crippen LogP contribution is 2.36. The highest BCUT2D eigenvalue weighted by atomic mass is 19.4. The van der Waals surface area contributed by atoms with Crippen LogP contribution in [0.1, 0.15) is 28.4 Å². The minimum atomic E-state index is -5.30. The van der Waals surface area contributed by atoms with Gasteiger partial charge in [-0.1, -0.05) is 36.4 Å². The number of carbonyl (C=O) groups is 1. The van der Waals surface area contributed by atoms with E-state index in [-0.39, 0.29) is 5.56 Å². The number of rotatable bonds is 5. The molecular formula is C29H15F9O2. The van der Waals surface area contributed by atoms with E-state index in [2.05, 4.69) is 0 Å². The number of alkyl halides is 3. The summed E-state index contributed by atoms with van der Waals surface area (Å²) in [6, 6.07) is 12.1. The van der Waals surface area contributed by atoms with Gasteiger partial charge in [0.2, 0.25) is 0 Å². The maximum Gasteiger partial charge on any atom is 0.422 e. The molecule has 0 saturated carbocycles. The molecule has 0 amide bonds. The van der Waals surface area contributed by atoms with Crippen LogP contribution in [0.25, 0.3) is 28.1 Å². The summed E-state index contributed by atoms with van der Waals surface area (Å²) in [5, 5.41) is 0. The fourth-order valence-electron chi connectivity index (χ4n) is 3.81. The van der Waals surface area contributed by atoms with Crippen LogP contribution in [0.2, 0.25) is 0 Å². The largest absolute Gasteiger partial charge is 0.422 e. The van der Waals surface area contributed by atoms with Crippen molar-refractivity contribution >= 4 is 11.8 Å². The number of carbonyl (C=O) groups excluding carboxylic acids is 1. The molecule has 0 atom stereocenters. The number of ether oxygens (including phenoxy) is 1. The molecule has 206 valence electrons. The van der Waals surface area contributed by atoms with Crippen LogP contribution < -0.4 is 4.74 Å². The minimum Gasteiger partial charge on any atom is -0.420 e. The van der Waals surface area contributed by atoms with Crippen LogP contribution in [0.4, 0.5) is 39.5 Å². The zero-order chi connectivity index (χ0) is 29.4. The van der Waals surface area contributed by atoms with Crippen molar-refractivity contribution in [3.05, 3.63) is 119 Å². The normalized spacial score (nSPS) is 12.2. The minimum absolute atomic E-state index is 0.0124. The second-order valence-electron chi connectivity index (χ2n) is 8.47. The topological polar surface area (TPSA) is 26.3 Å². The molecule has 0 bridgehead atoms. The average Bonchev–Trinajstić information content (AvgIpc) is 2.88. The molecule has 0 N–H and O–H groups in total. The van der Waals surface area contributed by atoms with E-state index in [4.69, 9.17) is 4.74 Å². The smallest absolute Gasteiger partial charge is 0.420 e. The first kappa shape index (κ1) is 28.5. The molecule has 4 aromatic carbocycles. The quantitative estimate of drug-likeness (QED) is 0.137. The van der Waals surface area contributed by atoms with Crippen molar-refractivity contribution in [2.75, 3.05) is 0 Å². The zero-order valence-electron chi connectivity index (χ0n) is 20.1. The van der Waals surface area contributed by atoms with Crippen molar-refractivity contribution in [1.82, 2.24) is 0 Å². The molecule has 0 spiro atoms. The van der Waals surface area contributed by atoms with Crippen molar-refractivity contribution in [2.45, 2.75) is 13.1 Å². The Hall–Kier alpha value is -4.54. The third-order valence-electron chi connectivity index (χ3n) is 5.75. The highest BCUT2D eigenvalue weighted by Gasteiger charge is 2.38. The number of halogens is 9. The molecule has 4 aromatic rings. The molecule has 11 heteroatoms. The van der Waals surface area contributed by atoms with Crippen molar-refractivity contribution in [3.8, 4) is 28.0 Å². The summed E-state index contributed by atoms with van der Waals surface area (Å²) in [6.07, 6.45) is -5.30. The Morgan fingerprint density at radius 3 is 1.73 bits per heavy atom. The van der Waals surface area contributed by atoms with Crippen LogP contribution in [0, 0.1) is 23.3 Å². The summed E-state index contributed by atoms with van der Waals surface area (Å²) in [5.41, 5.74) is -2.85. The SMILES string of the molecule is C/C(F)=C(\F)c1ccc(-c2ccc(OC(=O)c3ccc(-c4cc(F)c(C(F)(F)F)c(F)c4)c(F)c3)c(F)c2)cc1. The predicted octanol–water partition coefficient (Wildman–Crippen LogP) is 9.44. The second kappa shape index (κ2) is 10.9. The standard InChI is InChI=1S/C29H15F9O2/c1-14(30)27(35)16-4-2-15(3-5-16)17-7-9-25(22(32)10-17)40-28(39)18-6-8-20(21(31)11-18)19-12-23(33)26(24(34)13-19)29(36,37)38/h2-13H,1H3/b27-14+. The van der Waals surface area contributed by atoms with Gasteiger partial charge in [0.1, 0.15) is 28.8 Å². The summed E-state index contributed by atoms with van der Waals surface area (Å²) in [4.78, 5) is 12.5. The number of allylic oxidation sites excluding steroid dienone is 1. The van der Waals surface area contributed by atoms with E-state index in [1.165, 1.54) is 30.3 Å². The molecule has 40 heavy (non-hydrogen) atoms. The molecule has 0 fully saturated rings. The van der Waals surface area contributed by atoms with Crippen molar-refractivity contribution in [1.29, 1.82) is 0 Å². The predicted molar refractivity (Wildman–Crippen MR) is 128 cm³/mol. The molecule has 0 aromatic heterocycles. The van der Waals surface area contributed by atoms with Crippen LogP contribution in [0.5, 0.6) is 5.75 Å². The van der Waals surface area contributed by atoms with Crippen molar-refractivity contribution in [2.24, 2.45) is 0 Å². The van der Waals surface area contributed by atoms with E-state index in [1.807, 2.05) is 0 Å². The highest BCUT2D eigenvalue weighted by molar-refractivity contribution is 5.92. The Labute approximate surface area is 221 Å². The Kier molecular flexibility index (Phi) is 7.77. The fourth-order valence-corrected chi connectivity index (χ4v) is 3.81.